The van der Waals surface area contributed by atoms with Gasteiger partial charge in [0.1, 0.15) is 0 Å². The van der Waals surface area contributed by atoms with E-state index in [0.717, 1.165) is 25.1 Å². The standard InChI is InChI=1S/C19H24N2O2/c1-20-19(23)18-9-7-17(8-10-18)15-21(13-14-22)12-11-16-5-3-2-4-6-16/h2-10,22H,11-15H2,1H3,(H,20,23). The lowest BCUT2D eigenvalue weighted by Crippen LogP contribution is -2.28. The minimum absolute atomic E-state index is 0.0761. The highest BCUT2D eigenvalue weighted by atomic mass is 16.3. The van der Waals surface area contributed by atoms with Crippen molar-refractivity contribution >= 4 is 5.91 Å². The first-order chi connectivity index (χ1) is 11.2. The van der Waals surface area contributed by atoms with Crippen molar-refractivity contribution in [3.05, 3.63) is 71.3 Å². The Bertz CT molecular complexity index is 597. The second kappa shape index (κ2) is 9.08. The van der Waals surface area contributed by atoms with Crippen LogP contribution in [-0.2, 0) is 13.0 Å². The minimum Gasteiger partial charge on any atom is -0.395 e. The molecule has 0 aliphatic rings. The summed E-state index contributed by atoms with van der Waals surface area (Å²) < 4.78 is 0. The van der Waals surface area contributed by atoms with Crippen molar-refractivity contribution in [2.45, 2.75) is 13.0 Å². The van der Waals surface area contributed by atoms with E-state index in [1.807, 2.05) is 42.5 Å². The van der Waals surface area contributed by atoms with Crippen LogP contribution in [-0.4, -0.2) is 42.7 Å². The van der Waals surface area contributed by atoms with Crippen molar-refractivity contribution in [1.29, 1.82) is 0 Å². The zero-order valence-electron chi connectivity index (χ0n) is 13.5. The average Bonchev–Trinajstić information content (AvgIpc) is 2.61. The Morgan fingerprint density at radius 1 is 1.00 bits per heavy atom. The predicted molar refractivity (Wildman–Crippen MR) is 92.3 cm³/mol. The molecule has 0 spiro atoms. The molecule has 0 saturated carbocycles. The molecule has 1 amide bonds. The van der Waals surface area contributed by atoms with Crippen LogP contribution in [0.2, 0.25) is 0 Å². The van der Waals surface area contributed by atoms with Crippen LogP contribution in [0.1, 0.15) is 21.5 Å². The molecule has 0 atom stereocenters. The monoisotopic (exact) mass is 312 g/mol. The number of nitrogens with zero attached hydrogens (tertiary/aromatic N) is 1. The van der Waals surface area contributed by atoms with Gasteiger partial charge >= 0.3 is 0 Å². The Morgan fingerprint density at radius 3 is 2.30 bits per heavy atom. The maximum Gasteiger partial charge on any atom is 0.251 e. The third-order valence-corrected chi connectivity index (χ3v) is 3.83. The van der Waals surface area contributed by atoms with Gasteiger partial charge in [-0.15, -0.1) is 0 Å². The Kier molecular flexibility index (Phi) is 6.78. The second-order valence-electron chi connectivity index (χ2n) is 5.51. The first-order valence-corrected chi connectivity index (χ1v) is 7.91. The van der Waals surface area contributed by atoms with E-state index in [0.29, 0.717) is 12.1 Å². The summed E-state index contributed by atoms with van der Waals surface area (Å²) >= 11 is 0. The summed E-state index contributed by atoms with van der Waals surface area (Å²) in [6.45, 7) is 2.44. The number of hydrogen-bond donors (Lipinski definition) is 2. The van der Waals surface area contributed by atoms with Crippen LogP contribution >= 0.6 is 0 Å². The van der Waals surface area contributed by atoms with Crippen LogP contribution in [0, 0.1) is 0 Å². The molecular weight excluding hydrogens is 288 g/mol. The summed E-state index contributed by atoms with van der Waals surface area (Å²) in [6.07, 6.45) is 0.956. The number of amides is 1. The lowest BCUT2D eigenvalue weighted by molar-refractivity contribution is 0.0963. The lowest BCUT2D eigenvalue weighted by Gasteiger charge is -2.21. The predicted octanol–water partition coefficient (Wildman–Crippen LogP) is 2.08. The molecule has 0 saturated heterocycles. The molecule has 2 aromatic carbocycles. The molecule has 0 aromatic heterocycles. The topological polar surface area (TPSA) is 52.6 Å². The molecule has 0 fully saturated rings. The molecule has 0 heterocycles. The summed E-state index contributed by atoms with van der Waals surface area (Å²) in [4.78, 5) is 13.8. The maximum atomic E-state index is 11.6. The molecule has 4 nitrogen and oxygen atoms in total. The molecule has 0 unspecified atom stereocenters. The number of hydrogen-bond acceptors (Lipinski definition) is 3. The molecule has 23 heavy (non-hydrogen) atoms. The molecule has 2 rings (SSSR count). The van der Waals surface area contributed by atoms with Crippen molar-refractivity contribution in [3.8, 4) is 0 Å². The number of carbonyl (C=O) groups is 1. The molecule has 0 radical (unpaired) electrons. The summed E-state index contributed by atoms with van der Waals surface area (Å²) in [5, 5.41) is 11.9. The van der Waals surface area contributed by atoms with Crippen LogP contribution in [0.15, 0.2) is 54.6 Å². The van der Waals surface area contributed by atoms with Crippen LogP contribution in [0.4, 0.5) is 0 Å². The highest BCUT2D eigenvalue weighted by Gasteiger charge is 2.07. The van der Waals surface area contributed by atoms with Gasteiger partial charge in [0.15, 0.2) is 0 Å². The quantitative estimate of drug-likeness (QED) is 0.785. The first-order valence-electron chi connectivity index (χ1n) is 7.91. The van der Waals surface area contributed by atoms with E-state index in [-0.39, 0.29) is 12.5 Å². The van der Waals surface area contributed by atoms with Crippen LogP contribution in [0.3, 0.4) is 0 Å². The zero-order valence-corrected chi connectivity index (χ0v) is 13.5. The normalized spacial score (nSPS) is 10.7. The van der Waals surface area contributed by atoms with Gasteiger partial charge in [0.2, 0.25) is 0 Å². The molecule has 0 bridgehead atoms. The summed E-state index contributed by atoms with van der Waals surface area (Å²) in [5.41, 5.74) is 3.10. The van der Waals surface area contributed by atoms with Crippen molar-refractivity contribution in [3.63, 3.8) is 0 Å². The van der Waals surface area contributed by atoms with Gasteiger partial charge in [-0.05, 0) is 29.7 Å². The van der Waals surface area contributed by atoms with Crippen LogP contribution in [0.25, 0.3) is 0 Å². The van der Waals surface area contributed by atoms with Crippen molar-refractivity contribution in [2.75, 3.05) is 26.7 Å². The molecule has 2 aromatic rings. The van der Waals surface area contributed by atoms with Gasteiger partial charge in [0.25, 0.3) is 5.91 Å². The molecule has 122 valence electrons. The zero-order chi connectivity index (χ0) is 16.5. The Morgan fingerprint density at radius 2 is 1.70 bits per heavy atom. The number of rotatable bonds is 8. The van der Waals surface area contributed by atoms with Gasteiger partial charge in [-0.1, -0.05) is 42.5 Å². The molecule has 4 heteroatoms. The minimum atomic E-state index is -0.0761. The first kappa shape index (κ1) is 17.2. The van der Waals surface area contributed by atoms with Crippen molar-refractivity contribution in [2.24, 2.45) is 0 Å². The Balaban J connectivity index is 1.94. The Hall–Kier alpha value is -2.17. The van der Waals surface area contributed by atoms with Gasteiger partial charge in [-0.2, -0.15) is 0 Å². The highest BCUT2D eigenvalue weighted by Crippen LogP contribution is 2.09. The Labute approximate surface area is 137 Å². The fourth-order valence-corrected chi connectivity index (χ4v) is 2.51. The van der Waals surface area contributed by atoms with Gasteiger partial charge in [0, 0.05) is 32.2 Å². The highest BCUT2D eigenvalue weighted by molar-refractivity contribution is 5.93. The number of carbonyl (C=O) groups excluding carboxylic acids is 1. The fourth-order valence-electron chi connectivity index (χ4n) is 2.51. The smallest absolute Gasteiger partial charge is 0.251 e. The molecule has 0 aliphatic heterocycles. The molecular formula is C19H24N2O2. The summed E-state index contributed by atoms with van der Waals surface area (Å²) in [6, 6.07) is 18.0. The van der Waals surface area contributed by atoms with Crippen LogP contribution < -0.4 is 5.32 Å². The van der Waals surface area contributed by atoms with Gasteiger partial charge < -0.3 is 10.4 Å². The van der Waals surface area contributed by atoms with E-state index in [9.17, 15) is 9.90 Å². The third-order valence-electron chi connectivity index (χ3n) is 3.83. The van der Waals surface area contributed by atoms with Crippen molar-refractivity contribution in [1.82, 2.24) is 10.2 Å². The second-order valence-corrected chi connectivity index (χ2v) is 5.51. The van der Waals surface area contributed by atoms with E-state index in [2.05, 4.69) is 22.3 Å². The largest absolute Gasteiger partial charge is 0.395 e. The molecule has 0 aliphatic carbocycles. The van der Waals surface area contributed by atoms with E-state index in [4.69, 9.17) is 0 Å². The van der Waals surface area contributed by atoms with Gasteiger partial charge in [-0.3, -0.25) is 9.69 Å². The summed E-state index contributed by atoms with van der Waals surface area (Å²) in [7, 11) is 1.63. The van der Waals surface area contributed by atoms with E-state index >= 15 is 0 Å². The number of nitrogens with one attached hydrogen (secondary N) is 1. The number of aliphatic hydroxyl groups is 1. The fraction of sp³-hybridized carbons (Fsp3) is 0.316. The number of benzene rings is 2. The van der Waals surface area contributed by atoms with Crippen molar-refractivity contribution < 1.29 is 9.90 Å². The van der Waals surface area contributed by atoms with Gasteiger partial charge in [0.05, 0.1) is 6.61 Å². The van der Waals surface area contributed by atoms with Crippen LogP contribution in [0.5, 0.6) is 0 Å². The average molecular weight is 312 g/mol. The van der Waals surface area contributed by atoms with Gasteiger partial charge in [-0.25, -0.2) is 0 Å². The van der Waals surface area contributed by atoms with E-state index in [1.165, 1.54) is 5.56 Å². The number of aliphatic hydroxyl groups excluding tert-OH is 1. The molecule has 2 N–H and O–H groups in total. The third kappa shape index (κ3) is 5.51. The SMILES string of the molecule is CNC(=O)c1ccc(CN(CCO)CCc2ccccc2)cc1. The van der Waals surface area contributed by atoms with E-state index < -0.39 is 0 Å². The maximum absolute atomic E-state index is 11.6. The summed E-state index contributed by atoms with van der Waals surface area (Å²) in [5.74, 6) is -0.0761. The van der Waals surface area contributed by atoms with E-state index in [1.54, 1.807) is 7.05 Å². The lowest BCUT2D eigenvalue weighted by atomic mass is 10.1.